The lowest BCUT2D eigenvalue weighted by Crippen LogP contribution is -2.10. The highest BCUT2D eigenvalue weighted by Crippen LogP contribution is 2.15. The Morgan fingerprint density at radius 1 is 1.64 bits per heavy atom. The third-order valence-electron chi connectivity index (χ3n) is 1.69. The molecule has 2 rings (SSSR count). The van der Waals surface area contributed by atoms with Crippen LogP contribution in [0.4, 0.5) is 0 Å². The number of Topliss-reactive ketones (excluding diaryl/α,β-unsaturated/α-hetero) is 1. The van der Waals surface area contributed by atoms with E-state index in [4.69, 9.17) is 0 Å². The van der Waals surface area contributed by atoms with Crippen LogP contribution in [0.2, 0.25) is 0 Å². The van der Waals surface area contributed by atoms with Gasteiger partial charge in [0.2, 0.25) is 0 Å². The topological polar surface area (TPSA) is 58.1 Å². The minimum Gasteiger partial charge on any atom is -0.296 e. The quantitative estimate of drug-likeness (QED) is 0.617. The van der Waals surface area contributed by atoms with E-state index in [0.29, 0.717) is 6.54 Å². The number of carbonyl (C=O) groups excluding carboxylic acids is 1. The molecule has 0 fully saturated rings. The summed E-state index contributed by atoms with van der Waals surface area (Å²) in [5.41, 5.74) is 0.760. The number of carbonyl (C=O) groups is 1. The Hall–Kier alpha value is -1.45. The molecule has 1 aromatic rings. The fraction of sp³-hybridized carbons (Fsp3) is 0.286. The fourth-order valence-corrected chi connectivity index (χ4v) is 1.12. The third kappa shape index (κ3) is 0.960. The summed E-state index contributed by atoms with van der Waals surface area (Å²) in [6, 6.07) is 1.79. The van der Waals surface area contributed by atoms with E-state index in [9.17, 15) is 4.79 Å². The first kappa shape index (κ1) is 6.27. The van der Waals surface area contributed by atoms with E-state index in [1.807, 2.05) is 0 Å². The van der Waals surface area contributed by atoms with Gasteiger partial charge in [0.1, 0.15) is 0 Å². The van der Waals surface area contributed by atoms with Crippen LogP contribution < -0.4 is 0 Å². The number of nitrogens with zero attached hydrogens (tertiary/aromatic N) is 2. The van der Waals surface area contributed by atoms with Crippen molar-refractivity contribution in [1.82, 2.24) is 10.2 Å². The Labute approximate surface area is 63.3 Å². The standard InChI is InChI=1S/C7H7N3O/c11-7-4-8-3-5(7)6-1-2-9-10-6/h1-3,5H,4H2,(H,9,10)/t5-/m0/s1. The summed E-state index contributed by atoms with van der Waals surface area (Å²) in [5, 5.41) is 6.57. The van der Waals surface area contributed by atoms with Gasteiger partial charge in [-0.3, -0.25) is 14.9 Å². The molecule has 0 aromatic carbocycles. The lowest BCUT2D eigenvalue weighted by molar-refractivity contribution is -0.117. The number of hydrogen-bond acceptors (Lipinski definition) is 3. The third-order valence-corrected chi connectivity index (χ3v) is 1.69. The van der Waals surface area contributed by atoms with Gasteiger partial charge in [-0.05, 0) is 6.07 Å². The molecule has 1 N–H and O–H groups in total. The van der Waals surface area contributed by atoms with Crippen LogP contribution in [0.5, 0.6) is 0 Å². The number of aromatic amines is 1. The number of hydrogen-bond donors (Lipinski definition) is 1. The molecule has 4 nitrogen and oxygen atoms in total. The molecule has 1 aliphatic heterocycles. The molecule has 0 aliphatic carbocycles. The number of aliphatic imine (C=N–C) groups is 1. The van der Waals surface area contributed by atoms with Crippen molar-refractivity contribution in [2.45, 2.75) is 5.92 Å². The molecule has 0 saturated carbocycles. The number of aromatic nitrogens is 2. The summed E-state index contributed by atoms with van der Waals surface area (Å²) >= 11 is 0. The van der Waals surface area contributed by atoms with Gasteiger partial charge in [0, 0.05) is 12.4 Å². The average Bonchev–Trinajstić information content (AvgIpc) is 2.55. The van der Waals surface area contributed by atoms with Crippen LogP contribution >= 0.6 is 0 Å². The van der Waals surface area contributed by atoms with Crippen molar-refractivity contribution < 1.29 is 4.79 Å². The van der Waals surface area contributed by atoms with Crippen LogP contribution in [0, 0.1) is 0 Å². The van der Waals surface area contributed by atoms with E-state index in [-0.39, 0.29) is 11.7 Å². The zero-order chi connectivity index (χ0) is 7.68. The zero-order valence-electron chi connectivity index (χ0n) is 5.82. The Morgan fingerprint density at radius 2 is 2.55 bits per heavy atom. The molecule has 1 aliphatic rings. The van der Waals surface area contributed by atoms with Crippen molar-refractivity contribution in [1.29, 1.82) is 0 Å². The van der Waals surface area contributed by atoms with Crippen molar-refractivity contribution >= 4 is 12.0 Å². The highest BCUT2D eigenvalue weighted by molar-refractivity contribution is 6.05. The summed E-state index contributed by atoms with van der Waals surface area (Å²) < 4.78 is 0. The van der Waals surface area contributed by atoms with Crippen LogP contribution in [0.3, 0.4) is 0 Å². The monoisotopic (exact) mass is 149 g/mol. The van der Waals surface area contributed by atoms with Gasteiger partial charge < -0.3 is 0 Å². The summed E-state index contributed by atoms with van der Waals surface area (Å²) in [7, 11) is 0. The zero-order valence-corrected chi connectivity index (χ0v) is 5.82. The van der Waals surface area contributed by atoms with E-state index >= 15 is 0 Å². The molecule has 0 amide bonds. The first-order chi connectivity index (χ1) is 5.38. The van der Waals surface area contributed by atoms with Gasteiger partial charge in [0.25, 0.3) is 0 Å². The molecule has 0 saturated heterocycles. The minimum atomic E-state index is -0.207. The molecular weight excluding hydrogens is 142 g/mol. The number of ketones is 1. The van der Waals surface area contributed by atoms with Crippen LogP contribution in [0.1, 0.15) is 11.6 Å². The predicted molar refractivity (Wildman–Crippen MR) is 39.7 cm³/mol. The largest absolute Gasteiger partial charge is 0.296 e. The first-order valence-electron chi connectivity index (χ1n) is 3.40. The summed E-state index contributed by atoms with van der Waals surface area (Å²) in [6.45, 7) is 0.303. The molecule has 0 radical (unpaired) electrons. The second-order valence-corrected chi connectivity index (χ2v) is 2.43. The summed E-state index contributed by atoms with van der Waals surface area (Å²) in [6.07, 6.45) is 3.35. The van der Waals surface area contributed by atoms with Crippen molar-refractivity contribution in [2.24, 2.45) is 4.99 Å². The molecule has 11 heavy (non-hydrogen) atoms. The van der Waals surface area contributed by atoms with Crippen LogP contribution in [0.25, 0.3) is 0 Å². The Balaban J connectivity index is 2.30. The molecular formula is C7H7N3O. The maximum atomic E-state index is 11.1. The fourth-order valence-electron chi connectivity index (χ4n) is 1.12. The first-order valence-corrected chi connectivity index (χ1v) is 3.40. The molecule has 0 spiro atoms. The molecule has 0 bridgehead atoms. The Bertz CT molecular complexity index is 289. The number of rotatable bonds is 1. The van der Waals surface area contributed by atoms with Gasteiger partial charge in [0.05, 0.1) is 18.2 Å². The molecule has 56 valence electrons. The summed E-state index contributed by atoms with van der Waals surface area (Å²) in [5.74, 6) is -0.0849. The maximum absolute atomic E-state index is 11.1. The van der Waals surface area contributed by atoms with E-state index < -0.39 is 0 Å². The van der Waals surface area contributed by atoms with Crippen LogP contribution in [-0.4, -0.2) is 28.7 Å². The van der Waals surface area contributed by atoms with E-state index in [1.54, 1.807) is 18.5 Å². The smallest absolute Gasteiger partial charge is 0.168 e. The lowest BCUT2D eigenvalue weighted by atomic mass is 10.0. The number of H-pyrrole nitrogens is 1. The highest BCUT2D eigenvalue weighted by Gasteiger charge is 2.23. The lowest BCUT2D eigenvalue weighted by Gasteiger charge is -1.97. The second-order valence-electron chi connectivity index (χ2n) is 2.43. The van der Waals surface area contributed by atoms with Gasteiger partial charge >= 0.3 is 0 Å². The van der Waals surface area contributed by atoms with Gasteiger partial charge in [-0.25, -0.2) is 0 Å². The van der Waals surface area contributed by atoms with Crippen molar-refractivity contribution in [3.8, 4) is 0 Å². The van der Waals surface area contributed by atoms with Crippen molar-refractivity contribution in [3.05, 3.63) is 18.0 Å². The van der Waals surface area contributed by atoms with Crippen molar-refractivity contribution in [2.75, 3.05) is 6.54 Å². The van der Waals surface area contributed by atoms with Gasteiger partial charge in [-0.1, -0.05) is 0 Å². The minimum absolute atomic E-state index is 0.122. The van der Waals surface area contributed by atoms with Crippen molar-refractivity contribution in [3.63, 3.8) is 0 Å². The Kier molecular flexibility index (Phi) is 1.31. The Morgan fingerprint density at radius 3 is 3.09 bits per heavy atom. The van der Waals surface area contributed by atoms with Gasteiger partial charge in [-0.2, -0.15) is 5.10 Å². The summed E-state index contributed by atoms with van der Waals surface area (Å²) in [4.78, 5) is 15.0. The molecule has 2 heterocycles. The van der Waals surface area contributed by atoms with E-state index in [2.05, 4.69) is 15.2 Å². The maximum Gasteiger partial charge on any atom is 0.168 e. The van der Waals surface area contributed by atoms with Gasteiger partial charge in [0.15, 0.2) is 5.78 Å². The average molecular weight is 149 g/mol. The van der Waals surface area contributed by atoms with E-state index in [0.717, 1.165) is 5.69 Å². The molecule has 0 unspecified atom stereocenters. The highest BCUT2D eigenvalue weighted by atomic mass is 16.1. The molecule has 4 heteroatoms. The normalized spacial score (nSPS) is 22.9. The molecule has 1 aromatic heterocycles. The van der Waals surface area contributed by atoms with E-state index in [1.165, 1.54) is 0 Å². The molecule has 1 atom stereocenters. The number of nitrogens with one attached hydrogen (secondary N) is 1. The second kappa shape index (κ2) is 2.30. The van der Waals surface area contributed by atoms with Gasteiger partial charge in [-0.15, -0.1) is 0 Å². The predicted octanol–water partition coefficient (Wildman–Crippen LogP) is 0.147. The van der Waals surface area contributed by atoms with Crippen LogP contribution in [-0.2, 0) is 4.79 Å². The van der Waals surface area contributed by atoms with Crippen LogP contribution in [0.15, 0.2) is 17.3 Å². The SMILES string of the molecule is O=C1CN=C[C@H]1c1cc[nH]n1.